The van der Waals surface area contributed by atoms with Gasteiger partial charge in [-0.05, 0) is 40.3 Å². The second-order valence-corrected chi connectivity index (χ2v) is 4.98. The zero-order valence-electron chi connectivity index (χ0n) is 13.1. The van der Waals surface area contributed by atoms with Gasteiger partial charge in [0, 0.05) is 12.6 Å². The first kappa shape index (κ1) is 16.5. The molecule has 0 aliphatic heterocycles. The fraction of sp³-hybridized carbons (Fsp3) is 0.714. The van der Waals surface area contributed by atoms with Crippen LogP contribution in [0.25, 0.3) is 0 Å². The lowest BCUT2D eigenvalue weighted by Gasteiger charge is -2.20. The molecule has 6 heteroatoms. The molecule has 0 spiro atoms. The summed E-state index contributed by atoms with van der Waals surface area (Å²) >= 11 is 0. The van der Waals surface area contributed by atoms with Crippen LogP contribution in [0, 0.1) is 0 Å². The smallest absolute Gasteiger partial charge is 0.229 e. The Hall–Kier alpha value is -1.56. The fourth-order valence-electron chi connectivity index (χ4n) is 1.64. The molecule has 1 N–H and O–H groups in total. The maximum Gasteiger partial charge on any atom is 0.229 e. The number of nitrogens with zero attached hydrogens (tertiary/aromatic N) is 3. The minimum atomic E-state index is 0.499. The van der Waals surface area contributed by atoms with Gasteiger partial charge in [0.2, 0.25) is 17.7 Å². The summed E-state index contributed by atoms with van der Waals surface area (Å²) in [5, 5.41) is 3.20. The van der Waals surface area contributed by atoms with E-state index in [4.69, 9.17) is 9.47 Å². The van der Waals surface area contributed by atoms with E-state index in [0.29, 0.717) is 23.8 Å². The van der Waals surface area contributed by atoms with Crippen molar-refractivity contribution in [3.05, 3.63) is 6.07 Å². The molecule has 1 rings (SSSR count). The predicted molar refractivity (Wildman–Crippen MR) is 80.6 cm³/mol. The second-order valence-electron chi connectivity index (χ2n) is 4.98. The van der Waals surface area contributed by atoms with Crippen molar-refractivity contribution in [1.82, 2.24) is 14.9 Å². The number of hydrogen-bond donors (Lipinski definition) is 1. The van der Waals surface area contributed by atoms with Crippen LogP contribution in [-0.4, -0.2) is 55.3 Å². The standard InChI is InChI=1S/C14H26N4O2/c1-11(2)18(3)9-7-6-8-15-14-16-12(19-4)10-13(17-14)20-5/h10-11H,6-9H2,1-5H3,(H,15,16,17). The first-order valence-electron chi connectivity index (χ1n) is 6.98. The van der Waals surface area contributed by atoms with Crippen LogP contribution in [0.1, 0.15) is 26.7 Å². The molecule has 0 aromatic carbocycles. The van der Waals surface area contributed by atoms with E-state index in [1.54, 1.807) is 20.3 Å². The highest BCUT2D eigenvalue weighted by molar-refractivity contribution is 5.33. The van der Waals surface area contributed by atoms with E-state index in [1.807, 2.05) is 0 Å². The molecule has 0 aliphatic rings. The summed E-state index contributed by atoms with van der Waals surface area (Å²) in [5.74, 6) is 1.54. The molecular formula is C14H26N4O2. The van der Waals surface area contributed by atoms with Crippen molar-refractivity contribution in [3.63, 3.8) is 0 Å². The van der Waals surface area contributed by atoms with E-state index in [1.165, 1.54) is 0 Å². The van der Waals surface area contributed by atoms with Crippen LogP contribution in [-0.2, 0) is 0 Å². The molecule has 0 saturated carbocycles. The number of rotatable bonds is 9. The number of nitrogens with one attached hydrogen (secondary N) is 1. The molecule has 1 aromatic heterocycles. The highest BCUT2D eigenvalue weighted by atomic mass is 16.5. The molecule has 20 heavy (non-hydrogen) atoms. The number of methoxy groups -OCH3 is 2. The highest BCUT2D eigenvalue weighted by Gasteiger charge is 2.05. The SMILES string of the molecule is COc1cc(OC)nc(NCCCCN(C)C(C)C)n1. The van der Waals surface area contributed by atoms with Crippen LogP contribution >= 0.6 is 0 Å². The Balaban J connectivity index is 2.34. The minimum Gasteiger partial charge on any atom is -0.481 e. The predicted octanol–water partition coefficient (Wildman–Crippen LogP) is 2.03. The molecule has 114 valence electrons. The van der Waals surface area contributed by atoms with Gasteiger partial charge in [0.05, 0.1) is 20.3 Å². The molecule has 0 amide bonds. The molecule has 1 aromatic rings. The molecule has 0 bridgehead atoms. The van der Waals surface area contributed by atoms with Crippen LogP contribution in [0.4, 0.5) is 5.95 Å². The summed E-state index contributed by atoms with van der Waals surface area (Å²) in [6.07, 6.45) is 2.21. The third kappa shape index (κ3) is 5.61. The van der Waals surface area contributed by atoms with Crippen LogP contribution in [0.3, 0.4) is 0 Å². The Morgan fingerprint density at radius 3 is 2.25 bits per heavy atom. The Morgan fingerprint density at radius 1 is 1.15 bits per heavy atom. The van der Waals surface area contributed by atoms with Crippen molar-refractivity contribution < 1.29 is 9.47 Å². The maximum absolute atomic E-state index is 5.10. The molecule has 0 aliphatic carbocycles. The van der Waals surface area contributed by atoms with Crippen LogP contribution < -0.4 is 14.8 Å². The molecule has 0 atom stereocenters. The number of hydrogen-bond acceptors (Lipinski definition) is 6. The Labute approximate surface area is 121 Å². The quantitative estimate of drug-likeness (QED) is 0.699. The van der Waals surface area contributed by atoms with Crippen molar-refractivity contribution in [1.29, 1.82) is 0 Å². The van der Waals surface area contributed by atoms with Crippen molar-refractivity contribution >= 4 is 5.95 Å². The van der Waals surface area contributed by atoms with Gasteiger partial charge in [-0.3, -0.25) is 0 Å². The van der Waals surface area contributed by atoms with Crippen molar-refractivity contribution in [2.24, 2.45) is 0 Å². The summed E-state index contributed by atoms with van der Waals surface area (Å²) in [5.41, 5.74) is 0. The Bertz CT molecular complexity index is 377. The maximum atomic E-state index is 5.10. The van der Waals surface area contributed by atoms with Crippen molar-refractivity contribution in [2.75, 3.05) is 39.7 Å². The van der Waals surface area contributed by atoms with E-state index >= 15 is 0 Å². The molecule has 0 saturated heterocycles. The van der Waals surface area contributed by atoms with E-state index in [0.717, 1.165) is 25.9 Å². The Kier molecular flexibility index (Phi) is 7.08. The third-order valence-corrected chi connectivity index (χ3v) is 3.20. The van der Waals surface area contributed by atoms with Gasteiger partial charge in [0.25, 0.3) is 0 Å². The van der Waals surface area contributed by atoms with Crippen LogP contribution in [0.2, 0.25) is 0 Å². The summed E-state index contributed by atoms with van der Waals surface area (Å²) in [7, 11) is 5.30. The summed E-state index contributed by atoms with van der Waals surface area (Å²) in [4.78, 5) is 10.8. The van der Waals surface area contributed by atoms with E-state index in [2.05, 4.69) is 41.1 Å². The Morgan fingerprint density at radius 2 is 1.75 bits per heavy atom. The van der Waals surface area contributed by atoms with E-state index in [9.17, 15) is 0 Å². The van der Waals surface area contributed by atoms with Crippen LogP contribution in [0.15, 0.2) is 6.07 Å². The lowest BCUT2D eigenvalue weighted by molar-refractivity contribution is 0.269. The topological polar surface area (TPSA) is 59.5 Å². The minimum absolute atomic E-state index is 0.499. The zero-order valence-corrected chi connectivity index (χ0v) is 13.1. The van der Waals surface area contributed by atoms with Crippen molar-refractivity contribution in [3.8, 4) is 11.8 Å². The number of unbranched alkanes of at least 4 members (excludes halogenated alkanes) is 1. The normalized spacial score (nSPS) is 10.9. The molecule has 0 unspecified atom stereocenters. The largest absolute Gasteiger partial charge is 0.481 e. The first-order valence-corrected chi connectivity index (χ1v) is 6.98. The molecule has 0 fully saturated rings. The average molecular weight is 282 g/mol. The van der Waals surface area contributed by atoms with E-state index < -0.39 is 0 Å². The lowest BCUT2D eigenvalue weighted by Crippen LogP contribution is -2.27. The fourth-order valence-corrected chi connectivity index (χ4v) is 1.64. The first-order chi connectivity index (χ1) is 9.56. The summed E-state index contributed by atoms with van der Waals surface area (Å²) < 4.78 is 10.2. The van der Waals surface area contributed by atoms with Gasteiger partial charge in [0.1, 0.15) is 0 Å². The molecule has 1 heterocycles. The number of anilines is 1. The second kappa shape index (κ2) is 8.58. The summed E-state index contributed by atoms with van der Waals surface area (Å²) in [6, 6.07) is 2.25. The van der Waals surface area contributed by atoms with Crippen LogP contribution in [0.5, 0.6) is 11.8 Å². The van der Waals surface area contributed by atoms with Gasteiger partial charge in [0.15, 0.2) is 0 Å². The van der Waals surface area contributed by atoms with Gasteiger partial charge in [-0.15, -0.1) is 0 Å². The van der Waals surface area contributed by atoms with Gasteiger partial charge >= 0.3 is 0 Å². The average Bonchev–Trinajstić information content (AvgIpc) is 2.46. The van der Waals surface area contributed by atoms with Crippen molar-refractivity contribution in [2.45, 2.75) is 32.7 Å². The molecule has 0 radical (unpaired) electrons. The monoisotopic (exact) mass is 282 g/mol. The third-order valence-electron chi connectivity index (χ3n) is 3.20. The number of aromatic nitrogens is 2. The van der Waals surface area contributed by atoms with Gasteiger partial charge < -0.3 is 19.7 Å². The molecular weight excluding hydrogens is 256 g/mol. The lowest BCUT2D eigenvalue weighted by atomic mass is 10.2. The molecule has 6 nitrogen and oxygen atoms in total. The van der Waals surface area contributed by atoms with E-state index in [-0.39, 0.29) is 0 Å². The number of ether oxygens (including phenoxy) is 2. The zero-order chi connectivity index (χ0) is 15.0. The van der Waals surface area contributed by atoms with Gasteiger partial charge in [-0.2, -0.15) is 9.97 Å². The highest BCUT2D eigenvalue weighted by Crippen LogP contribution is 2.17. The summed E-state index contributed by atoms with van der Waals surface area (Å²) in [6.45, 7) is 6.34. The van der Waals surface area contributed by atoms with Gasteiger partial charge in [-0.1, -0.05) is 0 Å². The van der Waals surface area contributed by atoms with Gasteiger partial charge in [-0.25, -0.2) is 0 Å².